The zero-order valence-electron chi connectivity index (χ0n) is 14.3. The van der Waals surface area contributed by atoms with Crippen LogP contribution in [0.3, 0.4) is 0 Å². The molecule has 2 unspecified atom stereocenters. The summed E-state index contributed by atoms with van der Waals surface area (Å²) in [6.07, 6.45) is -0.717. The Bertz CT molecular complexity index is 691. The van der Waals surface area contributed by atoms with Gasteiger partial charge < -0.3 is 10.1 Å². The number of amides is 2. The standard InChI is InChI=1S/C19H22N2O4/c1-14(20-19(23)25-13-16-9-5-3-6-10-16)18(22)21(24)15(2)17-11-7-4-8-12-17/h3-12,14-15,24H,13H2,1-2H3,(H,20,23). The minimum absolute atomic E-state index is 0.108. The fraction of sp³-hybridized carbons (Fsp3) is 0.263. The van der Waals surface area contributed by atoms with Gasteiger partial charge in [-0.15, -0.1) is 0 Å². The van der Waals surface area contributed by atoms with Crippen molar-refractivity contribution in [1.82, 2.24) is 10.4 Å². The highest BCUT2D eigenvalue weighted by Gasteiger charge is 2.26. The van der Waals surface area contributed by atoms with Gasteiger partial charge >= 0.3 is 6.09 Å². The molecule has 0 bridgehead atoms. The molecule has 0 spiro atoms. The van der Waals surface area contributed by atoms with Crippen LogP contribution < -0.4 is 5.32 Å². The van der Waals surface area contributed by atoms with E-state index in [0.717, 1.165) is 11.1 Å². The molecule has 0 aliphatic heterocycles. The van der Waals surface area contributed by atoms with Gasteiger partial charge in [-0.3, -0.25) is 10.0 Å². The van der Waals surface area contributed by atoms with Crippen LogP contribution in [0.5, 0.6) is 0 Å². The summed E-state index contributed by atoms with van der Waals surface area (Å²) < 4.78 is 5.07. The summed E-state index contributed by atoms with van der Waals surface area (Å²) in [6, 6.07) is 16.9. The molecule has 2 atom stereocenters. The zero-order valence-corrected chi connectivity index (χ0v) is 14.3. The van der Waals surface area contributed by atoms with E-state index >= 15 is 0 Å². The van der Waals surface area contributed by atoms with Crippen LogP contribution in [0.15, 0.2) is 60.7 Å². The van der Waals surface area contributed by atoms with Crippen LogP contribution in [0.25, 0.3) is 0 Å². The first kappa shape index (κ1) is 18.5. The number of nitrogens with zero attached hydrogens (tertiary/aromatic N) is 1. The summed E-state index contributed by atoms with van der Waals surface area (Å²) in [7, 11) is 0. The van der Waals surface area contributed by atoms with Gasteiger partial charge in [0.05, 0.1) is 6.04 Å². The Morgan fingerprint density at radius 2 is 1.60 bits per heavy atom. The van der Waals surface area contributed by atoms with Crippen LogP contribution in [0.2, 0.25) is 0 Å². The first-order valence-electron chi connectivity index (χ1n) is 8.03. The number of rotatable bonds is 6. The number of benzene rings is 2. The monoisotopic (exact) mass is 342 g/mol. The van der Waals surface area contributed by atoms with Crippen LogP contribution in [-0.4, -0.2) is 28.3 Å². The first-order valence-corrected chi connectivity index (χ1v) is 8.03. The van der Waals surface area contributed by atoms with E-state index in [2.05, 4.69) is 5.32 Å². The second kappa shape index (κ2) is 8.84. The predicted octanol–water partition coefficient (Wildman–Crippen LogP) is 3.28. The quantitative estimate of drug-likeness (QED) is 0.624. The molecular weight excluding hydrogens is 320 g/mol. The molecule has 25 heavy (non-hydrogen) atoms. The predicted molar refractivity (Wildman–Crippen MR) is 92.7 cm³/mol. The fourth-order valence-corrected chi connectivity index (χ4v) is 2.27. The van der Waals surface area contributed by atoms with Crippen LogP contribution in [0, 0.1) is 0 Å². The fourth-order valence-electron chi connectivity index (χ4n) is 2.27. The van der Waals surface area contributed by atoms with Crippen molar-refractivity contribution in [3.63, 3.8) is 0 Å². The molecule has 0 saturated carbocycles. The molecule has 0 aromatic heterocycles. The summed E-state index contributed by atoms with van der Waals surface area (Å²) in [6.45, 7) is 3.30. The third kappa shape index (κ3) is 5.32. The second-order valence-electron chi connectivity index (χ2n) is 5.70. The molecule has 0 fully saturated rings. The summed E-state index contributed by atoms with van der Waals surface area (Å²) >= 11 is 0. The highest BCUT2D eigenvalue weighted by Crippen LogP contribution is 2.18. The average Bonchev–Trinajstić information content (AvgIpc) is 2.66. The molecule has 2 rings (SSSR count). The maximum Gasteiger partial charge on any atom is 0.408 e. The molecule has 6 nitrogen and oxygen atoms in total. The second-order valence-corrected chi connectivity index (χ2v) is 5.70. The van der Waals surface area contributed by atoms with Gasteiger partial charge in [-0.05, 0) is 25.0 Å². The molecule has 0 radical (unpaired) electrons. The molecule has 2 amide bonds. The van der Waals surface area contributed by atoms with Crippen LogP contribution in [-0.2, 0) is 16.1 Å². The van der Waals surface area contributed by atoms with Crippen molar-refractivity contribution in [2.75, 3.05) is 0 Å². The number of carbonyl (C=O) groups excluding carboxylic acids is 2. The van der Waals surface area contributed by atoms with Crippen LogP contribution in [0.4, 0.5) is 4.79 Å². The Morgan fingerprint density at radius 1 is 1.04 bits per heavy atom. The van der Waals surface area contributed by atoms with E-state index in [1.807, 2.05) is 60.7 Å². The Morgan fingerprint density at radius 3 is 2.20 bits per heavy atom. The molecule has 132 valence electrons. The molecule has 0 aliphatic carbocycles. The van der Waals surface area contributed by atoms with Crippen LogP contribution in [0.1, 0.15) is 31.0 Å². The molecule has 2 aromatic carbocycles. The summed E-state index contributed by atoms with van der Waals surface area (Å²) in [4.78, 5) is 24.1. The van der Waals surface area contributed by atoms with E-state index in [9.17, 15) is 14.8 Å². The SMILES string of the molecule is CC(NC(=O)OCc1ccccc1)C(=O)N(O)C(C)c1ccccc1. The lowest BCUT2D eigenvalue weighted by molar-refractivity contribution is -0.177. The topological polar surface area (TPSA) is 78.9 Å². The minimum atomic E-state index is -0.917. The van der Waals surface area contributed by atoms with Gasteiger partial charge in [-0.25, -0.2) is 9.86 Å². The molecule has 2 N–H and O–H groups in total. The Hall–Kier alpha value is -2.86. The van der Waals surface area contributed by atoms with Crippen molar-refractivity contribution in [1.29, 1.82) is 0 Å². The van der Waals surface area contributed by atoms with E-state index in [4.69, 9.17) is 4.74 Å². The van der Waals surface area contributed by atoms with E-state index in [1.165, 1.54) is 6.92 Å². The van der Waals surface area contributed by atoms with Crippen molar-refractivity contribution in [2.45, 2.75) is 32.5 Å². The van der Waals surface area contributed by atoms with Crippen molar-refractivity contribution >= 4 is 12.0 Å². The van der Waals surface area contributed by atoms with Gasteiger partial charge in [0.15, 0.2) is 0 Å². The molecule has 0 aliphatic rings. The smallest absolute Gasteiger partial charge is 0.408 e. The molecular formula is C19H22N2O4. The zero-order chi connectivity index (χ0) is 18.2. The van der Waals surface area contributed by atoms with Crippen LogP contribution >= 0.6 is 0 Å². The third-order valence-electron chi connectivity index (χ3n) is 3.79. The molecule has 0 heterocycles. The van der Waals surface area contributed by atoms with Gasteiger partial charge in [0.25, 0.3) is 5.91 Å². The van der Waals surface area contributed by atoms with Gasteiger partial charge in [0.1, 0.15) is 12.6 Å². The Kier molecular flexibility index (Phi) is 6.54. The lowest BCUT2D eigenvalue weighted by Crippen LogP contribution is -2.46. The number of ether oxygens (including phenoxy) is 1. The van der Waals surface area contributed by atoms with Crippen molar-refractivity contribution < 1.29 is 19.5 Å². The van der Waals surface area contributed by atoms with Gasteiger partial charge in [0.2, 0.25) is 0 Å². The first-order chi connectivity index (χ1) is 12.0. The van der Waals surface area contributed by atoms with Crippen molar-refractivity contribution in [3.05, 3.63) is 71.8 Å². The molecule has 0 saturated heterocycles. The number of alkyl carbamates (subject to hydrolysis) is 1. The van der Waals surface area contributed by atoms with Gasteiger partial charge in [-0.1, -0.05) is 60.7 Å². The van der Waals surface area contributed by atoms with E-state index in [1.54, 1.807) is 6.92 Å². The highest BCUT2D eigenvalue weighted by molar-refractivity contribution is 5.84. The Balaban J connectivity index is 1.85. The van der Waals surface area contributed by atoms with Crippen molar-refractivity contribution in [2.24, 2.45) is 0 Å². The molecule has 2 aromatic rings. The maximum atomic E-state index is 12.3. The number of nitrogens with one attached hydrogen (secondary N) is 1. The van der Waals surface area contributed by atoms with E-state index < -0.39 is 24.1 Å². The number of hydrogen-bond donors (Lipinski definition) is 2. The minimum Gasteiger partial charge on any atom is -0.445 e. The van der Waals surface area contributed by atoms with E-state index in [-0.39, 0.29) is 6.61 Å². The van der Waals surface area contributed by atoms with Crippen molar-refractivity contribution in [3.8, 4) is 0 Å². The maximum absolute atomic E-state index is 12.3. The lowest BCUT2D eigenvalue weighted by atomic mass is 10.1. The summed E-state index contributed by atoms with van der Waals surface area (Å²) in [5.74, 6) is -0.618. The lowest BCUT2D eigenvalue weighted by Gasteiger charge is -2.25. The Labute approximate surface area is 147 Å². The normalized spacial score (nSPS) is 12.8. The number of hydroxylamine groups is 2. The molecule has 6 heteroatoms. The largest absolute Gasteiger partial charge is 0.445 e. The van der Waals surface area contributed by atoms with Gasteiger partial charge in [-0.2, -0.15) is 0 Å². The number of hydrogen-bond acceptors (Lipinski definition) is 4. The highest BCUT2D eigenvalue weighted by atomic mass is 16.5. The average molecular weight is 342 g/mol. The summed E-state index contributed by atoms with van der Waals surface area (Å²) in [5.41, 5.74) is 1.63. The summed E-state index contributed by atoms with van der Waals surface area (Å²) in [5, 5.41) is 13.2. The van der Waals surface area contributed by atoms with Gasteiger partial charge in [0, 0.05) is 0 Å². The number of carbonyl (C=O) groups is 2. The van der Waals surface area contributed by atoms with E-state index in [0.29, 0.717) is 5.06 Å². The third-order valence-corrected chi connectivity index (χ3v) is 3.79.